The van der Waals surface area contributed by atoms with Crippen LogP contribution in [0.1, 0.15) is 33.6 Å². The summed E-state index contributed by atoms with van der Waals surface area (Å²) >= 11 is 0. The van der Waals surface area contributed by atoms with E-state index in [0.29, 0.717) is 12.8 Å². The monoisotopic (exact) mass is 184 g/mol. The normalized spacial score (nSPS) is 39.5. The summed E-state index contributed by atoms with van der Waals surface area (Å²) in [5, 5.41) is 9.68. The lowest BCUT2D eigenvalue weighted by Crippen LogP contribution is -2.31. The summed E-state index contributed by atoms with van der Waals surface area (Å²) in [5.41, 5.74) is -1.28. The average Bonchev–Trinajstić information content (AvgIpc) is 2.24. The molecule has 0 bridgehead atoms. The first-order valence-corrected chi connectivity index (χ1v) is 4.67. The molecule has 0 saturated heterocycles. The fourth-order valence-electron chi connectivity index (χ4n) is 2.15. The van der Waals surface area contributed by atoms with Gasteiger partial charge in [0.05, 0.1) is 0 Å². The van der Waals surface area contributed by atoms with Crippen LogP contribution < -0.4 is 0 Å². The summed E-state index contributed by atoms with van der Waals surface area (Å²) in [6.07, 6.45) is 0.929. The van der Waals surface area contributed by atoms with E-state index in [0.717, 1.165) is 0 Å². The molecule has 1 saturated carbocycles. The number of ketones is 2. The summed E-state index contributed by atoms with van der Waals surface area (Å²) in [5.74, 6) is -0.701. The molecule has 1 N–H and O–H groups in total. The number of hydrogen-bond acceptors (Lipinski definition) is 3. The van der Waals surface area contributed by atoms with Crippen LogP contribution in [0.15, 0.2) is 0 Å². The molecule has 1 aliphatic rings. The highest BCUT2D eigenvalue weighted by molar-refractivity contribution is 5.97. The molecule has 0 aromatic heterocycles. The maximum absolute atomic E-state index is 11.6. The molecule has 13 heavy (non-hydrogen) atoms. The van der Waals surface area contributed by atoms with Crippen molar-refractivity contribution in [2.75, 3.05) is 0 Å². The highest BCUT2D eigenvalue weighted by atomic mass is 16.3. The smallest absolute Gasteiger partial charge is 0.167 e. The Morgan fingerprint density at radius 3 is 2.54 bits per heavy atom. The van der Waals surface area contributed by atoms with Crippen molar-refractivity contribution in [1.29, 1.82) is 0 Å². The zero-order valence-electron chi connectivity index (χ0n) is 8.33. The fourth-order valence-corrected chi connectivity index (χ4v) is 2.15. The standard InChI is InChI=1S/C10H16O3/c1-4-7-8(6(2)11)5-10(3,13)9(7)12/h7-8,13H,4-5H2,1-3H3/t7-,8-,10+/m1/s1. The number of Topliss-reactive ketones (excluding diaryl/α,β-unsaturated/α-hetero) is 2. The molecule has 0 spiro atoms. The van der Waals surface area contributed by atoms with E-state index in [1.54, 1.807) is 0 Å². The van der Waals surface area contributed by atoms with Crippen molar-refractivity contribution in [2.45, 2.75) is 39.2 Å². The summed E-state index contributed by atoms with van der Waals surface area (Å²) < 4.78 is 0. The van der Waals surface area contributed by atoms with Crippen LogP contribution in [0, 0.1) is 11.8 Å². The van der Waals surface area contributed by atoms with Gasteiger partial charge in [-0.1, -0.05) is 6.92 Å². The molecule has 3 atom stereocenters. The first kappa shape index (κ1) is 10.4. The number of hydrogen-bond donors (Lipinski definition) is 1. The lowest BCUT2D eigenvalue weighted by Gasteiger charge is -2.13. The van der Waals surface area contributed by atoms with Crippen LogP contribution >= 0.6 is 0 Å². The average molecular weight is 184 g/mol. The Morgan fingerprint density at radius 2 is 2.23 bits per heavy atom. The van der Waals surface area contributed by atoms with Crippen LogP contribution in [0.4, 0.5) is 0 Å². The molecular formula is C10H16O3. The van der Waals surface area contributed by atoms with E-state index in [-0.39, 0.29) is 23.4 Å². The van der Waals surface area contributed by atoms with Crippen LogP contribution in [0.2, 0.25) is 0 Å². The zero-order chi connectivity index (χ0) is 10.2. The van der Waals surface area contributed by atoms with Crippen LogP contribution in [0.25, 0.3) is 0 Å². The van der Waals surface area contributed by atoms with Gasteiger partial charge in [0.15, 0.2) is 5.78 Å². The molecule has 0 unspecified atom stereocenters. The Labute approximate surface area is 78.1 Å². The van der Waals surface area contributed by atoms with Crippen LogP contribution in [-0.4, -0.2) is 22.3 Å². The molecule has 1 fully saturated rings. The van der Waals surface area contributed by atoms with E-state index in [9.17, 15) is 14.7 Å². The van der Waals surface area contributed by atoms with Gasteiger partial charge in [-0.05, 0) is 26.7 Å². The second kappa shape index (κ2) is 3.22. The molecule has 0 aliphatic heterocycles. The third-order valence-electron chi connectivity index (χ3n) is 2.93. The summed E-state index contributed by atoms with van der Waals surface area (Å²) in [7, 11) is 0. The van der Waals surface area contributed by atoms with Gasteiger partial charge in [-0.2, -0.15) is 0 Å². The predicted octanol–water partition coefficient (Wildman–Crippen LogP) is 0.942. The Morgan fingerprint density at radius 1 is 1.69 bits per heavy atom. The molecule has 1 rings (SSSR count). The molecule has 1 aliphatic carbocycles. The van der Waals surface area contributed by atoms with E-state index in [1.165, 1.54) is 13.8 Å². The van der Waals surface area contributed by atoms with Crippen LogP contribution in [-0.2, 0) is 9.59 Å². The first-order valence-electron chi connectivity index (χ1n) is 4.67. The number of carbonyl (C=O) groups excluding carboxylic acids is 2. The van der Waals surface area contributed by atoms with E-state index in [1.807, 2.05) is 6.92 Å². The number of aliphatic hydroxyl groups is 1. The van der Waals surface area contributed by atoms with Crippen molar-refractivity contribution in [3.8, 4) is 0 Å². The molecule has 0 amide bonds. The quantitative estimate of drug-likeness (QED) is 0.695. The van der Waals surface area contributed by atoms with Crippen LogP contribution in [0.5, 0.6) is 0 Å². The molecule has 3 heteroatoms. The molecule has 0 aromatic rings. The van der Waals surface area contributed by atoms with Crippen molar-refractivity contribution in [2.24, 2.45) is 11.8 Å². The van der Waals surface area contributed by atoms with Crippen LogP contribution in [0.3, 0.4) is 0 Å². The zero-order valence-corrected chi connectivity index (χ0v) is 8.33. The lowest BCUT2D eigenvalue weighted by atomic mass is 9.90. The highest BCUT2D eigenvalue weighted by Gasteiger charge is 2.49. The minimum atomic E-state index is -1.28. The molecule has 0 aromatic carbocycles. The highest BCUT2D eigenvalue weighted by Crippen LogP contribution is 2.38. The SMILES string of the molecule is CC[C@H]1C(=O)[C@@](C)(O)C[C@@H]1C(C)=O. The van der Waals surface area contributed by atoms with Gasteiger partial charge >= 0.3 is 0 Å². The first-order chi connectivity index (χ1) is 5.90. The van der Waals surface area contributed by atoms with Crippen molar-refractivity contribution in [1.82, 2.24) is 0 Å². The molecular weight excluding hydrogens is 168 g/mol. The van der Waals surface area contributed by atoms with Gasteiger partial charge in [-0.15, -0.1) is 0 Å². The predicted molar refractivity (Wildman–Crippen MR) is 48.2 cm³/mol. The minimum absolute atomic E-state index is 0.0120. The van der Waals surface area contributed by atoms with Gasteiger partial charge in [-0.3, -0.25) is 9.59 Å². The number of rotatable bonds is 2. The topological polar surface area (TPSA) is 54.4 Å². The lowest BCUT2D eigenvalue weighted by molar-refractivity contribution is -0.135. The van der Waals surface area contributed by atoms with E-state index in [4.69, 9.17) is 0 Å². The third-order valence-corrected chi connectivity index (χ3v) is 2.93. The Kier molecular flexibility index (Phi) is 2.57. The second-order valence-electron chi connectivity index (χ2n) is 4.07. The van der Waals surface area contributed by atoms with Crippen molar-refractivity contribution >= 4 is 11.6 Å². The van der Waals surface area contributed by atoms with Gasteiger partial charge in [0, 0.05) is 11.8 Å². The Hall–Kier alpha value is -0.700. The molecule has 3 nitrogen and oxygen atoms in total. The maximum Gasteiger partial charge on any atom is 0.167 e. The Balaban J connectivity index is 2.92. The van der Waals surface area contributed by atoms with Crippen molar-refractivity contribution in [3.63, 3.8) is 0 Å². The maximum atomic E-state index is 11.6. The van der Waals surface area contributed by atoms with E-state index >= 15 is 0 Å². The van der Waals surface area contributed by atoms with E-state index in [2.05, 4.69) is 0 Å². The van der Waals surface area contributed by atoms with Crippen molar-refractivity contribution in [3.05, 3.63) is 0 Å². The van der Waals surface area contributed by atoms with Gasteiger partial charge in [0.2, 0.25) is 0 Å². The largest absolute Gasteiger partial charge is 0.382 e. The third kappa shape index (κ3) is 1.66. The van der Waals surface area contributed by atoms with Crippen molar-refractivity contribution < 1.29 is 14.7 Å². The van der Waals surface area contributed by atoms with Gasteiger partial charge in [-0.25, -0.2) is 0 Å². The summed E-state index contributed by atoms with van der Waals surface area (Å²) in [6.45, 7) is 4.86. The fraction of sp³-hybridized carbons (Fsp3) is 0.800. The van der Waals surface area contributed by atoms with E-state index < -0.39 is 5.60 Å². The second-order valence-corrected chi connectivity index (χ2v) is 4.07. The Bertz CT molecular complexity index is 243. The summed E-state index contributed by atoms with van der Waals surface area (Å²) in [4.78, 5) is 22.8. The van der Waals surface area contributed by atoms with Gasteiger partial charge < -0.3 is 5.11 Å². The van der Waals surface area contributed by atoms with Gasteiger partial charge in [0.25, 0.3) is 0 Å². The minimum Gasteiger partial charge on any atom is -0.382 e. The molecule has 74 valence electrons. The molecule has 0 radical (unpaired) electrons. The number of carbonyl (C=O) groups is 2. The van der Waals surface area contributed by atoms with Gasteiger partial charge in [0.1, 0.15) is 11.4 Å². The molecule has 0 heterocycles. The summed E-state index contributed by atoms with van der Waals surface area (Å²) in [6, 6.07) is 0.